The van der Waals surface area contributed by atoms with Gasteiger partial charge < -0.3 is 15.6 Å². The zero-order valence-corrected chi connectivity index (χ0v) is 22.4. The molecular formula is C25H21F5N8O2S. The van der Waals surface area contributed by atoms with E-state index in [1.807, 2.05) is 6.92 Å². The molecule has 3 N–H and O–H groups in total. The van der Waals surface area contributed by atoms with Crippen LogP contribution in [-0.4, -0.2) is 44.4 Å². The Hall–Kier alpha value is -4.60. The molecule has 0 bridgehead atoms. The SMILES string of the molecule is Cc1cc(-c2ccc(Nc3cc(Nc4cccc(C(F)(F)F)n4)nc4nc(C(F)F)[nH]c34)c(S(C)(=O)=O)c2)nn1C. The average Bonchev–Trinajstić information content (AvgIpc) is 3.47. The number of benzene rings is 1. The lowest BCUT2D eigenvalue weighted by atomic mass is 10.1. The van der Waals surface area contributed by atoms with Gasteiger partial charge in [-0.05, 0) is 37.3 Å². The number of imidazole rings is 1. The number of nitrogens with zero attached hydrogens (tertiary/aromatic N) is 5. The molecule has 0 spiro atoms. The van der Waals surface area contributed by atoms with Gasteiger partial charge in [-0.25, -0.2) is 32.2 Å². The summed E-state index contributed by atoms with van der Waals surface area (Å²) in [7, 11) is -2.07. The summed E-state index contributed by atoms with van der Waals surface area (Å²) in [5.41, 5.74) is 0.785. The van der Waals surface area contributed by atoms with Gasteiger partial charge in [0.1, 0.15) is 22.8 Å². The number of aromatic nitrogens is 6. The molecule has 214 valence electrons. The number of aromatic amines is 1. The van der Waals surface area contributed by atoms with Crippen LogP contribution in [0, 0.1) is 6.92 Å². The van der Waals surface area contributed by atoms with Crippen molar-refractivity contribution in [3.05, 3.63) is 65.7 Å². The third-order valence-electron chi connectivity index (χ3n) is 6.04. The van der Waals surface area contributed by atoms with Crippen molar-refractivity contribution in [1.29, 1.82) is 0 Å². The number of rotatable bonds is 7. The number of alkyl halides is 5. The number of fused-ring (bicyclic) bond motifs is 1. The second-order valence-electron chi connectivity index (χ2n) is 9.11. The van der Waals surface area contributed by atoms with Gasteiger partial charge in [0.05, 0.1) is 22.0 Å². The lowest BCUT2D eigenvalue weighted by Crippen LogP contribution is -2.09. The Labute approximate surface area is 229 Å². The Bertz CT molecular complexity index is 1860. The summed E-state index contributed by atoms with van der Waals surface area (Å²) in [4.78, 5) is 13.8. The van der Waals surface area contributed by atoms with Crippen LogP contribution in [0.2, 0.25) is 0 Å². The minimum Gasteiger partial charge on any atom is -0.353 e. The molecule has 4 heterocycles. The van der Waals surface area contributed by atoms with E-state index in [2.05, 4.69) is 35.7 Å². The van der Waals surface area contributed by atoms with Gasteiger partial charge in [-0.3, -0.25) is 4.68 Å². The summed E-state index contributed by atoms with van der Waals surface area (Å²) in [5.74, 6) is -0.996. The molecule has 4 aromatic heterocycles. The number of H-pyrrole nitrogens is 1. The molecule has 5 rings (SSSR count). The molecule has 0 aliphatic rings. The maximum atomic E-state index is 13.5. The number of pyridine rings is 2. The maximum absolute atomic E-state index is 13.5. The smallest absolute Gasteiger partial charge is 0.353 e. The molecule has 41 heavy (non-hydrogen) atoms. The first-order valence-corrected chi connectivity index (χ1v) is 13.7. The first-order valence-electron chi connectivity index (χ1n) is 11.8. The lowest BCUT2D eigenvalue weighted by Gasteiger charge is -2.14. The van der Waals surface area contributed by atoms with E-state index in [0.717, 1.165) is 24.1 Å². The molecule has 16 heteroatoms. The fourth-order valence-corrected chi connectivity index (χ4v) is 4.86. The van der Waals surface area contributed by atoms with E-state index >= 15 is 0 Å². The molecule has 5 aromatic rings. The van der Waals surface area contributed by atoms with Crippen LogP contribution in [0.25, 0.3) is 22.4 Å². The zero-order valence-electron chi connectivity index (χ0n) is 21.5. The highest BCUT2D eigenvalue weighted by Gasteiger charge is 2.32. The Morgan fingerprint density at radius 1 is 0.951 bits per heavy atom. The van der Waals surface area contributed by atoms with Crippen molar-refractivity contribution >= 4 is 44.0 Å². The molecule has 0 saturated heterocycles. The predicted octanol–water partition coefficient (Wildman–Crippen LogP) is 5.91. The van der Waals surface area contributed by atoms with Crippen LogP contribution in [0.1, 0.15) is 23.6 Å². The minimum absolute atomic E-state index is 0.0201. The normalized spacial score (nSPS) is 12.3. The summed E-state index contributed by atoms with van der Waals surface area (Å²) in [6.07, 6.45) is -6.66. The second kappa shape index (κ2) is 10.1. The van der Waals surface area contributed by atoms with Gasteiger partial charge in [0.2, 0.25) is 0 Å². The van der Waals surface area contributed by atoms with Crippen LogP contribution in [0.5, 0.6) is 0 Å². The highest BCUT2D eigenvalue weighted by molar-refractivity contribution is 7.90. The standard InChI is InChI=1S/C25H21F5N8O2S/c1-12-9-15(37-38(12)2)13-7-8-14(17(10-13)41(3,39)40)31-16-11-20(34-23-21(16)35-24(36-23)22(26)27)33-19-6-4-5-18(32-19)25(28,29)30/h4-11,22H,1-3H3,(H3,31,32,33,34,35,36). The van der Waals surface area contributed by atoms with Crippen molar-refractivity contribution in [1.82, 2.24) is 29.7 Å². The molecule has 10 nitrogen and oxygen atoms in total. The van der Waals surface area contributed by atoms with E-state index in [9.17, 15) is 30.4 Å². The predicted molar refractivity (Wildman–Crippen MR) is 141 cm³/mol. The number of hydrogen-bond donors (Lipinski definition) is 3. The van der Waals surface area contributed by atoms with Gasteiger partial charge in [-0.1, -0.05) is 12.1 Å². The molecule has 0 aliphatic heterocycles. The first kappa shape index (κ1) is 27.9. The van der Waals surface area contributed by atoms with Crippen molar-refractivity contribution in [3.63, 3.8) is 0 Å². The number of anilines is 4. The van der Waals surface area contributed by atoms with Gasteiger partial charge in [-0.2, -0.15) is 18.3 Å². The topological polar surface area (TPSA) is 130 Å². The molecule has 1 aromatic carbocycles. The lowest BCUT2D eigenvalue weighted by molar-refractivity contribution is -0.141. The molecule has 0 amide bonds. The molecule has 0 aliphatic carbocycles. The van der Waals surface area contributed by atoms with E-state index in [1.54, 1.807) is 23.9 Å². The van der Waals surface area contributed by atoms with Crippen LogP contribution < -0.4 is 10.6 Å². The van der Waals surface area contributed by atoms with E-state index in [1.165, 1.54) is 24.3 Å². The number of aryl methyl sites for hydroxylation is 2. The Balaban J connectivity index is 1.60. The van der Waals surface area contributed by atoms with E-state index in [0.29, 0.717) is 11.3 Å². The number of sulfone groups is 1. The maximum Gasteiger partial charge on any atom is 0.433 e. The van der Waals surface area contributed by atoms with E-state index in [-0.39, 0.29) is 39.1 Å². The fourth-order valence-electron chi connectivity index (χ4n) is 4.00. The van der Waals surface area contributed by atoms with Crippen LogP contribution in [0.15, 0.2) is 53.4 Å². The summed E-state index contributed by atoms with van der Waals surface area (Å²) in [6, 6.07) is 10.9. The monoisotopic (exact) mass is 592 g/mol. The summed E-state index contributed by atoms with van der Waals surface area (Å²) in [6.45, 7) is 1.84. The Morgan fingerprint density at radius 3 is 2.34 bits per heavy atom. The van der Waals surface area contributed by atoms with Crippen LogP contribution in [0.4, 0.5) is 45.0 Å². The summed E-state index contributed by atoms with van der Waals surface area (Å²) < 4.78 is 93.5. The van der Waals surface area contributed by atoms with Gasteiger partial charge in [0, 0.05) is 30.6 Å². The van der Waals surface area contributed by atoms with Crippen molar-refractivity contribution in [2.45, 2.75) is 24.4 Å². The van der Waals surface area contributed by atoms with Gasteiger partial charge in [-0.15, -0.1) is 0 Å². The number of halogens is 5. The molecule has 0 radical (unpaired) electrons. The van der Waals surface area contributed by atoms with Crippen LogP contribution in [-0.2, 0) is 23.1 Å². The number of nitrogens with one attached hydrogen (secondary N) is 3. The van der Waals surface area contributed by atoms with Crippen molar-refractivity contribution in [2.75, 3.05) is 16.9 Å². The highest BCUT2D eigenvalue weighted by atomic mass is 32.2. The van der Waals surface area contributed by atoms with E-state index < -0.39 is 34.0 Å². The first-order chi connectivity index (χ1) is 19.2. The molecule has 0 atom stereocenters. The van der Waals surface area contributed by atoms with Crippen LogP contribution in [0.3, 0.4) is 0 Å². The molecule has 0 saturated carbocycles. The molecule has 0 fully saturated rings. The summed E-state index contributed by atoms with van der Waals surface area (Å²) >= 11 is 0. The largest absolute Gasteiger partial charge is 0.433 e. The Kier molecular flexibility index (Phi) is 6.89. The fraction of sp³-hybridized carbons (Fsp3) is 0.200. The van der Waals surface area contributed by atoms with Gasteiger partial charge in [0.25, 0.3) is 6.43 Å². The minimum atomic E-state index is -4.70. The molecule has 0 unspecified atom stereocenters. The third kappa shape index (κ3) is 5.82. The van der Waals surface area contributed by atoms with Crippen molar-refractivity contribution in [2.24, 2.45) is 7.05 Å². The number of hydrogen-bond acceptors (Lipinski definition) is 8. The zero-order chi connectivity index (χ0) is 29.7. The highest BCUT2D eigenvalue weighted by Crippen LogP contribution is 2.35. The van der Waals surface area contributed by atoms with Crippen LogP contribution >= 0.6 is 0 Å². The quantitative estimate of drug-likeness (QED) is 0.199. The summed E-state index contributed by atoms with van der Waals surface area (Å²) in [5, 5.41) is 9.93. The Morgan fingerprint density at radius 2 is 1.71 bits per heavy atom. The average molecular weight is 593 g/mol. The van der Waals surface area contributed by atoms with E-state index in [4.69, 9.17) is 0 Å². The molecular weight excluding hydrogens is 571 g/mol. The van der Waals surface area contributed by atoms with Gasteiger partial charge in [0.15, 0.2) is 21.3 Å². The van der Waals surface area contributed by atoms with Gasteiger partial charge >= 0.3 is 6.18 Å². The van der Waals surface area contributed by atoms with Crippen molar-refractivity contribution < 1.29 is 30.4 Å². The second-order valence-corrected chi connectivity index (χ2v) is 11.1. The van der Waals surface area contributed by atoms with Crippen molar-refractivity contribution in [3.8, 4) is 11.3 Å². The third-order valence-corrected chi connectivity index (χ3v) is 7.18.